The van der Waals surface area contributed by atoms with Crippen LogP contribution in [-0.2, 0) is 4.79 Å². The number of anilines is 2. The van der Waals surface area contributed by atoms with Crippen LogP contribution in [0.4, 0.5) is 11.5 Å². The second-order valence-electron chi connectivity index (χ2n) is 7.71. The molecule has 0 radical (unpaired) electrons. The number of hydrogen-bond donors (Lipinski definition) is 2. The molecule has 28 heavy (non-hydrogen) atoms. The minimum atomic E-state index is -0.657. The van der Waals surface area contributed by atoms with E-state index in [1.54, 1.807) is 13.2 Å². The van der Waals surface area contributed by atoms with Gasteiger partial charge in [0.2, 0.25) is 6.41 Å². The molecule has 0 bridgehead atoms. The Hall–Kier alpha value is -1.90. The number of piperazine rings is 1. The maximum absolute atomic E-state index is 10.7. The van der Waals surface area contributed by atoms with E-state index in [0.29, 0.717) is 6.54 Å². The van der Waals surface area contributed by atoms with Crippen molar-refractivity contribution in [2.45, 2.75) is 26.4 Å². The first-order valence-corrected chi connectivity index (χ1v) is 10.1. The fourth-order valence-electron chi connectivity index (χ4n) is 3.07. The summed E-state index contributed by atoms with van der Waals surface area (Å²) < 4.78 is 0.785. The second-order valence-corrected chi connectivity index (χ2v) is 8.63. The van der Waals surface area contributed by atoms with Crippen LogP contribution in [0.25, 0.3) is 0 Å². The molecule has 8 heteroatoms. The van der Waals surface area contributed by atoms with Crippen molar-refractivity contribution >= 4 is 33.8 Å². The van der Waals surface area contributed by atoms with Crippen LogP contribution in [0.1, 0.15) is 20.8 Å². The lowest BCUT2D eigenvalue weighted by Crippen LogP contribution is -2.50. The van der Waals surface area contributed by atoms with Gasteiger partial charge in [0, 0.05) is 56.2 Å². The lowest BCUT2D eigenvalue weighted by molar-refractivity contribution is -0.115. The summed E-state index contributed by atoms with van der Waals surface area (Å²) in [6.07, 6.45) is 6.19. The van der Waals surface area contributed by atoms with Gasteiger partial charge in [-0.15, -0.1) is 0 Å². The maximum atomic E-state index is 10.7. The monoisotopic (exact) mass is 451 g/mol. The van der Waals surface area contributed by atoms with Crippen molar-refractivity contribution in [2.75, 3.05) is 50.0 Å². The van der Waals surface area contributed by atoms with Crippen LogP contribution in [0.15, 0.2) is 40.8 Å². The third kappa shape index (κ3) is 7.61. The number of halogens is 1. The Balaban J connectivity index is 1.90. The van der Waals surface area contributed by atoms with E-state index in [1.807, 2.05) is 39.1 Å². The van der Waals surface area contributed by atoms with Gasteiger partial charge in [0.15, 0.2) is 0 Å². The van der Waals surface area contributed by atoms with E-state index in [2.05, 4.69) is 42.1 Å². The summed E-state index contributed by atoms with van der Waals surface area (Å²) in [5.41, 5.74) is 1.35. The van der Waals surface area contributed by atoms with Crippen molar-refractivity contribution in [3.63, 3.8) is 0 Å². The molecule has 1 aromatic heterocycles. The van der Waals surface area contributed by atoms with Crippen molar-refractivity contribution in [1.82, 2.24) is 14.8 Å². The Kier molecular flexibility index (Phi) is 8.03. The molecule has 0 aromatic carbocycles. The molecule has 1 fully saturated rings. The zero-order valence-corrected chi connectivity index (χ0v) is 18.6. The summed E-state index contributed by atoms with van der Waals surface area (Å²) in [7, 11) is 1.68. The first-order chi connectivity index (χ1) is 13.2. The first-order valence-electron chi connectivity index (χ1n) is 9.32. The van der Waals surface area contributed by atoms with E-state index in [0.717, 1.165) is 54.3 Å². The van der Waals surface area contributed by atoms with Gasteiger partial charge in [0.1, 0.15) is 5.82 Å². The van der Waals surface area contributed by atoms with Gasteiger partial charge >= 0.3 is 0 Å². The molecule has 7 nitrogen and oxygen atoms in total. The number of amides is 1. The van der Waals surface area contributed by atoms with Gasteiger partial charge in [-0.25, -0.2) is 4.98 Å². The standard InChI is InChI=1S/C20H30BrN5O2/c1-16(11-17(21)13-24(4)15-27)23-19-6-5-18(12-22-19)26-9-7-25(8-10-26)14-20(2,3)28/h5-6,11-13,15,28H,7-10,14H2,1-4H3,(H,22,23)/b16-11+,17-13+. The molecule has 0 atom stereocenters. The number of aliphatic hydroxyl groups is 1. The summed E-state index contributed by atoms with van der Waals surface area (Å²) in [6, 6.07) is 4.03. The molecule has 2 N–H and O–H groups in total. The SMILES string of the molecule is C/C(=C\C(Br)=C/N(C)C=O)Nc1ccc(N2CCN(CC(C)(C)O)CC2)cn1. The van der Waals surface area contributed by atoms with Crippen molar-refractivity contribution in [2.24, 2.45) is 0 Å². The maximum Gasteiger partial charge on any atom is 0.213 e. The minimum absolute atomic E-state index is 0.657. The highest BCUT2D eigenvalue weighted by Crippen LogP contribution is 2.19. The van der Waals surface area contributed by atoms with Crippen LogP contribution in [0, 0.1) is 0 Å². The Morgan fingerprint density at radius 1 is 1.36 bits per heavy atom. The molecular weight excluding hydrogens is 422 g/mol. The Bertz CT molecular complexity index is 704. The quantitative estimate of drug-likeness (QED) is 0.467. The number of rotatable bonds is 8. The lowest BCUT2D eigenvalue weighted by atomic mass is 10.1. The average molecular weight is 452 g/mol. The summed E-state index contributed by atoms with van der Waals surface area (Å²) in [5, 5.41) is 13.2. The number of carbonyl (C=O) groups is 1. The number of carbonyl (C=O) groups excluding carboxylic acids is 1. The Morgan fingerprint density at radius 3 is 2.57 bits per heavy atom. The number of hydrogen-bond acceptors (Lipinski definition) is 6. The molecule has 1 aliphatic rings. The number of pyridine rings is 1. The number of nitrogens with zero attached hydrogens (tertiary/aromatic N) is 4. The van der Waals surface area contributed by atoms with Crippen molar-refractivity contribution < 1.29 is 9.90 Å². The normalized spacial score (nSPS) is 16.9. The smallest absolute Gasteiger partial charge is 0.213 e. The van der Waals surface area contributed by atoms with Crippen LogP contribution in [0.3, 0.4) is 0 Å². The van der Waals surface area contributed by atoms with Gasteiger partial charge in [-0.2, -0.15) is 0 Å². The number of β-amino-alcohol motifs (C(OH)–C–C–N with tert-alkyl or cyclic N) is 1. The fourth-order valence-corrected chi connectivity index (χ4v) is 3.73. The zero-order chi connectivity index (χ0) is 20.7. The summed E-state index contributed by atoms with van der Waals surface area (Å²) >= 11 is 3.42. The van der Waals surface area contributed by atoms with Gasteiger partial charge < -0.3 is 20.2 Å². The van der Waals surface area contributed by atoms with E-state index >= 15 is 0 Å². The molecule has 1 amide bonds. The lowest BCUT2D eigenvalue weighted by Gasteiger charge is -2.38. The van der Waals surface area contributed by atoms with Crippen molar-refractivity contribution in [1.29, 1.82) is 0 Å². The summed E-state index contributed by atoms with van der Waals surface area (Å²) in [6.45, 7) is 10.0. The predicted octanol–water partition coefficient (Wildman–Crippen LogP) is 2.61. The molecule has 154 valence electrons. The number of aromatic nitrogens is 1. The van der Waals surface area contributed by atoms with Crippen LogP contribution < -0.4 is 10.2 Å². The van der Waals surface area contributed by atoms with Crippen LogP contribution in [0.2, 0.25) is 0 Å². The minimum Gasteiger partial charge on any atom is -0.389 e. The molecule has 0 aliphatic carbocycles. The largest absolute Gasteiger partial charge is 0.389 e. The predicted molar refractivity (Wildman–Crippen MR) is 117 cm³/mol. The third-order valence-corrected chi connectivity index (χ3v) is 4.70. The number of allylic oxidation sites excluding steroid dienone is 3. The molecule has 1 aliphatic heterocycles. The molecule has 1 saturated heterocycles. The molecule has 1 aromatic rings. The van der Waals surface area contributed by atoms with Crippen molar-refractivity contribution in [3.8, 4) is 0 Å². The van der Waals surface area contributed by atoms with E-state index in [4.69, 9.17) is 0 Å². The average Bonchev–Trinajstić information content (AvgIpc) is 2.61. The Labute approximate surface area is 175 Å². The van der Waals surface area contributed by atoms with Crippen LogP contribution >= 0.6 is 15.9 Å². The molecule has 0 spiro atoms. The van der Waals surface area contributed by atoms with E-state index < -0.39 is 5.60 Å². The molecule has 0 saturated carbocycles. The van der Waals surface area contributed by atoms with E-state index in [1.165, 1.54) is 4.90 Å². The van der Waals surface area contributed by atoms with Gasteiger partial charge in [0.25, 0.3) is 0 Å². The summed E-state index contributed by atoms with van der Waals surface area (Å²) in [4.78, 5) is 21.2. The summed E-state index contributed by atoms with van der Waals surface area (Å²) in [5.74, 6) is 0.766. The van der Waals surface area contributed by atoms with Gasteiger partial charge in [-0.3, -0.25) is 9.69 Å². The zero-order valence-electron chi connectivity index (χ0n) is 17.0. The highest BCUT2D eigenvalue weighted by molar-refractivity contribution is 9.11. The fraction of sp³-hybridized carbons (Fsp3) is 0.500. The second kappa shape index (κ2) is 10.0. The highest BCUT2D eigenvalue weighted by atomic mass is 79.9. The molecular formula is C20H30BrN5O2. The third-order valence-electron chi connectivity index (χ3n) is 4.27. The molecule has 2 rings (SSSR count). The van der Waals surface area contributed by atoms with Crippen LogP contribution in [-0.4, -0.2) is 71.7 Å². The molecule has 2 heterocycles. The highest BCUT2D eigenvalue weighted by Gasteiger charge is 2.22. The van der Waals surface area contributed by atoms with Gasteiger partial charge in [-0.05, 0) is 54.9 Å². The topological polar surface area (TPSA) is 71.9 Å². The van der Waals surface area contributed by atoms with Crippen molar-refractivity contribution in [3.05, 3.63) is 40.8 Å². The van der Waals surface area contributed by atoms with Crippen LogP contribution in [0.5, 0.6) is 0 Å². The molecule has 0 unspecified atom stereocenters. The number of nitrogens with one attached hydrogen (secondary N) is 1. The van der Waals surface area contributed by atoms with Gasteiger partial charge in [0.05, 0.1) is 17.5 Å². The van der Waals surface area contributed by atoms with Gasteiger partial charge in [-0.1, -0.05) is 0 Å². The van der Waals surface area contributed by atoms with E-state index in [-0.39, 0.29) is 0 Å². The van der Waals surface area contributed by atoms with E-state index in [9.17, 15) is 9.90 Å². The Morgan fingerprint density at radius 2 is 2.04 bits per heavy atom. The first kappa shape index (κ1) is 22.4.